The van der Waals surface area contributed by atoms with Crippen LogP contribution in [0.15, 0.2) is 60.7 Å². The van der Waals surface area contributed by atoms with Gasteiger partial charge in [-0.3, -0.25) is 14.4 Å². The monoisotopic (exact) mass is 381 g/mol. The van der Waals surface area contributed by atoms with E-state index in [-0.39, 0.29) is 11.8 Å². The SMILES string of the molecule is CCCNC(=O)[C@@H](C)NC(=O)[C@H](Cc1ccccc1)NC(=O)c1ccccc1. The number of nitrogens with one attached hydrogen (secondary N) is 3. The van der Waals surface area contributed by atoms with Crippen molar-refractivity contribution in [1.82, 2.24) is 16.0 Å². The Kier molecular flexibility index (Phi) is 8.21. The lowest BCUT2D eigenvalue weighted by Gasteiger charge is -2.21. The van der Waals surface area contributed by atoms with Crippen LogP contribution in [-0.4, -0.2) is 36.3 Å². The van der Waals surface area contributed by atoms with E-state index in [1.807, 2.05) is 43.3 Å². The minimum Gasteiger partial charge on any atom is -0.354 e. The maximum absolute atomic E-state index is 12.8. The average Bonchev–Trinajstić information content (AvgIpc) is 2.72. The number of carbonyl (C=O) groups excluding carboxylic acids is 3. The summed E-state index contributed by atoms with van der Waals surface area (Å²) in [7, 11) is 0. The van der Waals surface area contributed by atoms with Gasteiger partial charge in [0.15, 0.2) is 0 Å². The van der Waals surface area contributed by atoms with Gasteiger partial charge in [-0.1, -0.05) is 55.5 Å². The normalized spacial score (nSPS) is 12.5. The lowest BCUT2D eigenvalue weighted by atomic mass is 10.0. The van der Waals surface area contributed by atoms with Crippen LogP contribution in [0.5, 0.6) is 0 Å². The molecule has 2 atom stereocenters. The number of amides is 3. The van der Waals surface area contributed by atoms with Gasteiger partial charge < -0.3 is 16.0 Å². The first kappa shape index (κ1) is 21.2. The Labute approximate surface area is 165 Å². The van der Waals surface area contributed by atoms with Crippen LogP contribution in [0.2, 0.25) is 0 Å². The van der Waals surface area contributed by atoms with E-state index in [0.29, 0.717) is 18.5 Å². The third-order valence-corrected chi connectivity index (χ3v) is 4.24. The molecule has 148 valence electrons. The van der Waals surface area contributed by atoms with Crippen LogP contribution in [0, 0.1) is 0 Å². The fourth-order valence-electron chi connectivity index (χ4n) is 2.67. The molecule has 6 heteroatoms. The highest BCUT2D eigenvalue weighted by Crippen LogP contribution is 2.06. The molecule has 0 aromatic heterocycles. The first-order valence-corrected chi connectivity index (χ1v) is 9.49. The molecule has 6 nitrogen and oxygen atoms in total. The summed E-state index contributed by atoms with van der Waals surface area (Å²) in [6.45, 7) is 4.14. The zero-order chi connectivity index (χ0) is 20.4. The van der Waals surface area contributed by atoms with Crippen LogP contribution in [0.1, 0.15) is 36.2 Å². The Hall–Kier alpha value is -3.15. The van der Waals surface area contributed by atoms with E-state index in [4.69, 9.17) is 0 Å². The number of carbonyl (C=O) groups is 3. The van der Waals surface area contributed by atoms with Gasteiger partial charge in [-0.15, -0.1) is 0 Å². The second-order valence-corrected chi connectivity index (χ2v) is 6.60. The van der Waals surface area contributed by atoms with Gasteiger partial charge in [0.05, 0.1) is 0 Å². The molecular formula is C22H27N3O3. The Morgan fingerprint density at radius 1 is 0.857 bits per heavy atom. The molecule has 0 fully saturated rings. The maximum atomic E-state index is 12.8. The molecule has 0 unspecified atom stereocenters. The van der Waals surface area contributed by atoms with Crippen LogP contribution in [0.25, 0.3) is 0 Å². The van der Waals surface area contributed by atoms with Crippen molar-refractivity contribution < 1.29 is 14.4 Å². The molecule has 0 radical (unpaired) electrons. The summed E-state index contributed by atoms with van der Waals surface area (Å²) >= 11 is 0. The second-order valence-electron chi connectivity index (χ2n) is 6.60. The zero-order valence-corrected chi connectivity index (χ0v) is 16.3. The molecule has 3 amide bonds. The van der Waals surface area contributed by atoms with Gasteiger partial charge in [-0.05, 0) is 31.0 Å². The molecule has 0 saturated heterocycles. The molecule has 0 aliphatic carbocycles. The van der Waals surface area contributed by atoms with Gasteiger partial charge >= 0.3 is 0 Å². The fraction of sp³-hybridized carbons (Fsp3) is 0.318. The zero-order valence-electron chi connectivity index (χ0n) is 16.3. The Morgan fingerprint density at radius 3 is 2.07 bits per heavy atom. The topological polar surface area (TPSA) is 87.3 Å². The van der Waals surface area contributed by atoms with E-state index in [1.54, 1.807) is 31.2 Å². The smallest absolute Gasteiger partial charge is 0.251 e. The summed E-state index contributed by atoms with van der Waals surface area (Å²) in [4.78, 5) is 37.4. The number of rotatable bonds is 9. The van der Waals surface area contributed by atoms with Crippen molar-refractivity contribution in [3.63, 3.8) is 0 Å². The standard InChI is InChI=1S/C22H27N3O3/c1-3-14-23-20(26)16(2)24-22(28)19(15-17-10-6-4-7-11-17)25-21(27)18-12-8-5-9-13-18/h4-13,16,19H,3,14-15H2,1-2H3,(H,23,26)(H,24,28)(H,25,27)/t16-,19+/m1/s1. The number of hydrogen-bond donors (Lipinski definition) is 3. The van der Waals surface area contributed by atoms with Crippen molar-refractivity contribution in [3.8, 4) is 0 Å². The van der Waals surface area contributed by atoms with Gasteiger partial charge in [0.25, 0.3) is 5.91 Å². The van der Waals surface area contributed by atoms with Gasteiger partial charge in [0, 0.05) is 18.5 Å². The quantitative estimate of drug-likeness (QED) is 0.621. The highest BCUT2D eigenvalue weighted by Gasteiger charge is 2.25. The highest BCUT2D eigenvalue weighted by atomic mass is 16.2. The molecule has 0 bridgehead atoms. The van der Waals surface area contributed by atoms with Gasteiger partial charge in [-0.2, -0.15) is 0 Å². The van der Waals surface area contributed by atoms with Crippen molar-refractivity contribution in [2.75, 3.05) is 6.54 Å². The molecule has 0 aliphatic rings. The van der Waals surface area contributed by atoms with E-state index < -0.39 is 18.0 Å². The van der Waals surface area contributed by atoms with Crippen molar-refractivity contribution in [3.05, 3.63) is 71.8 Å². The molecule has 0 heterocycles. The van der Waals surface area contributed by atoms with Crippen LogP contribution in [0.3, 0.4) is 0 Å². The van der Waals surface area contributed by atoms with Crippen molar-refractivity contribution >= 4 is 17.7 Å². The first-order valence-electron chi connectivity index (χ1n) is 9.49. The van der Waals surface area contributed by atoms with Crippen molar-refractivity contribution in [1.29, 1.82) is 0 Å². The summed E-state index contributed by atoms with van der Waals surface area (Å²) in [5, 5.41) is 8.24. The Morgan fingerprint density at radius 2 is 1.46 bits per heavy atom. The minimum atomic E-state index is -0.795. The van der Waals surface area contributed by atoms with Crippen molar-refractivity contribution in [2.45, 2.75) is 38.8 Å². The predicted molar refractivity (Wildman–Crippen MR) is 109 cm³/mol. The van der Waals surface area contributed by atoms with Crippen LogP contribution < -0.4 is 16.0 Å². The summed E-state index contributed by atoms with van der Waals surface area (Å²) in [5.41, 5.74) is 1.39. The van der Waals surface area contributed by atoms with Crippen LogP contribution in [-0.2, 0) is 16.0 Å². The third-order valence-electron chi connectivity index (χ3n) is 4.24. The summed E-state index contributed by atoms with van der Waals surface area (Å²) < 4.78 is 0. The molecule has 0 aliphatic heterocycles. The van der Waals surface area contributed by atoms with E-state index in [0.717, 1.165) is 12.0 Å². The Balaban J connectivity index is 2.09. The molecular weight excluding hydrogens is 354 g/mol. The fourth-order valence-corrected chi connectivity index (χ4v) is 2.67. The summed E-state index contributed by atoms with van der Waals surface area (Å²) in [6.07, 6.45) is 1.14. The minimum absolute atomic E-state index is 0.247. The third kappa shape index (κ3) is 6.54. The van der Waals surface area contributed by atoms with Crippen LogP contribution in [0.4, 0.5) is 0 Å². The van der Waals surface area contributed by atoms with Gasteiger partial charge in [-0.25, -0.2) is 0 Å². The summed E-state index contributed by atoms with van der Waals surface area (Å²) in [6, 6.07) is 16.7. The molecule has 3 N–H and O–H groups in total. The second kappa shape index (κ2) is 10.9. The van der Waals surface area contributed by atoms with E-state index >= 15 is 0 Å². The lowest BCUT2D eigenvalue weighted by Crippen LogP contribution is -2.53. The highest BCUT2D eigenvalue weighted by molar-refractivity contribution is 5.98. The molecule has 28 heavy (non-hydrogen) atoms. The van der Waals surface area contributed by atoms with Crippen molar-refractivity contribution in [2.24, 2.45) is 0 Å². The number of hydrogen-bond acceptors (Lipinski definition) is 3. The van der Waals surface area contributed by atoms with Gasteiger partial charge in [0.2, 0.25) is 11.8 Å². The largest absolute Gasteiger partial charge is 0.354 e. The lowest BCUT2D eigenvalue weighted by molar-refractivity contribution is -0.129. The number of benzene rings is 2. The molecule has 2 aromatic rings. The van der Waals surface area contributed by atoms with E-state index in [1.165, 1.54) is 0 Å². The average molecular weight is 381 g/mol. The molecule has 0 saturated carbocycles. The van der Waals surface area contributed by atoms with Gasteiger partial charge in [0.1, 0.15) is 12.1 Å². The van der Waals surface area contributed by atoms with E-state index in [9.17, 15) is 14.4 Å². The first-order chi connectivity index (χ1) is 13.5. The molecule has 2 rings (SSSR count). The molecule has 0 spiro atoms. The summed E-state index contributed by atoms with van der Waals surface area (Å²) in [5.74, 6) is -0.977. The molecule has 2 aromatic carbocycles. The Bertz CT molecular complexity index is 778. The van der Waals surface area contributed by atoms with Crippen LogP contribution >= 0.6 is 0 Å². The maximum Gasteiger partial charge on any atom is 0.251 e. The van der Waals surface area contributed by atoms with E-state index in [2.05, 4.69) is 16.0 Å². The predicted octanol–water partition coefficient (Wildman–Crippen LogP) is 2.06.